The number of H-pyrrole nitrogens is 1. The van der Waals surface area contributed by atoms with Gasteiger partial charge in [-0.3, -0.25) is 14.3 Å². The van der Waals surface area contributed by atoms with Gasteiger partial charge in [0, 0.05) is 7.11 Å². The molecular weight excluding hydrogens is 294 g/mol. The van der Waals surface area contributed by atoms with Gasteiger partial charge in [-0.2, -0.15) is 4.98 Å². The van der Waals surface area contributed by atoms with E-state index in [2.05, 4.69) is 15.0 Å². The van der Waals surface area contributed by atoms with Gasteiger partial charge in [0.05, 0.1) is 12.4 Å². The molecule has 5 atom stereocenters. The number of nitrogens with zero attached hydrogens (tertiary/aromatic N) is 3. The van der Waals surface area contributed by atoms with Gasteiger partial charge in [0.1, 0.15) is 18.3 Å². The Morgan fingerprint density at radius 1 is 1.59 bits per heavy atom. The molecule has 0 aromatic carbocycles. The van der Waals surface area contributed by atoms with E-state index in [1.807, 2.05) is 0 Å². The van der Waals surface area contributed by atoms with Crippen molar-refractivity contribution in [2.45, 2.75) is 37.6 Å². The maximum atomic E-state index is 11.8. The number of ether oxygens (including phenoxy) is 2. The van der Waals surface area contributed by atoms with Gasteiger partial charge in [0.2, 0.25) is 5.95 Å². The number of aromatic amines is 1. The zero-order valence-corrected chi connectivity index (χ0v) is 12.0. The number of aliphatic hydroxyl groups excluding tert-OH is 2. The van der Waals surface area contributed by atoms with Crippen LogP contribution in [0.2, 0.25) is 0 Å². The van der Waals surface area contributed by atoms with Crippen LogP contribution in [0.15, 0.2) is 11.1 Å². The van der Waals surface area contributed by atoms with Crippen molar-refractivity contribution in [3.8, 4) is 0 Å². The van der Waals surface area contributed by atoms with E-state index in [0.29, 0.717) is 0 Å². The third-order valence-electron chi connectivity index (χ3n) is 3.72. The molecule has 1 aliphatic rings. The van der Waals surface area contributed by atoms with Gasteiger partial charge in [-0.05, 0) is 6.92 Å². The molecule has 1 saturated heterocycles. The molecule has 3 heterocycles. The molecule has 1 fully saturated rings. The molecule has 2 aromatic heterocycles. The molecule has 0 spiro atoms. The van der Waals surface area contributed by atoms with Crippen LogP contribution in [0.1, 0.15) is 13.2 Å². The lowest BCUT2D eigenvalue weighted by atomic mass is 10.1. The number of aliphatic hydroxyl groups is 2. The van der Waals surface area contributed by atoms with E-state index in [1.165, 1.54) is 18.0 Å². The van der Waals surface area contributed by atoms with E-state index in [-0.39, 0.29) is 17.1 Å². The van der Waals surface area contributed by atoms with E-state index in [9.17, 15) is 15.0 Å². The normalized spacial score (nSPS) is 30.0. The van der Waals surface area contributed by atoms with Crippen LogP contribution in [-0.2, 0) is 9.47 Å². The second-order valence-corrected chi connectivity index (χ2v) is 5.20. The summed E-state index contributed by atoms with van der Waals surface area (Å²) >= 11 is 0. The first-order valence-corrected chi connectivity index (χ1v) is 6.70. The molecule has 0 amide bonds. The topological polar surface area (TPSA) is 149 Å². The van der Waals surface area contributed by atoms with Crippen LogP contribution in [0.25, 0.3) is 11.2 Å². The lowest BCUT2D eigenvalue weighted by Crippen LogP contribution is -2.38. The highest BCUT2D eigenvalue weighted by Gasteiger charge is 2.47. The maximum Gasteiger partial charge on any atom is 0.280 e. The Kier molecular flexibility index (Phi) is 3.60. The van der Waals surface area contributed by atoms with Crippen molar-refractivity contribution in [3.63, 3.8) is 0 Å². The van der Waals surface area contributed by atoms with Crippen LogP contribution >= 0.6 is 0 Å². The highest BCUT2D eigenvalue weighted by Crippen LogP contribution is 2.33. The summed E-state index contributed by atoms with van der Waals surface area (Å²) in [5, 5.41) is 20.1. The molecule has 5 N–H and O–H groups in total. The minimum atomic E-state index is -1.07. The summed E-state index contributed by atoms with van der Waals surface area (Å²) in [6.45, 7) is 1.54. The summed E-state index contributed by atoms with van der Waals surface area (Å²) in [5.41, 5.74) is 5.33. The number of hydrogen-bond acceptors (Lipinski definition) is 8. The van der Waals surface area contributed by atoms with E-state index < -0.39 is 36.2 Å². The number of nitrogen functional groups attached to an aromatic ring is 1. The average Bonchev–Trinajstić information content (AvgIpc) is 2.99. The molecule has 0 radical (unpaired) electrons. The van der Waals surface area contributed by atoms with Gasteiger partial charge in [0.25, 0.3) is 5.56 Å². The zero-order chi connectivity index (χ0) is 16.0. The molecule has 0 saturated carbocycles. The number of hydrogen-bond donors (Lipinski definition) is 4. The predicted molar refractivity (Wildman–Crippen MR) is 75.0 cm³/mol. The van der Waals surface area contributed by atoms with Gasteiger partial charge in [-0.15, -0.1) is 0 Å². The number of imidazole rings is 1. The molecule has 120 valence electrons. The fraction of sp³-hybridized carbons (Fsp3) is 0.583. The third kappa shape index (κ3) is 2.16. The van der Waals surface area contributed by atoms with E-state index in [1.54, 1.807) is 6.92 Å². The van der Waals surface area contributed by atoms with Crippen molar-refractivity contribution in [2.75, 3.05) is 12.8 Å². The molecule has 1 aliphatic heterocycles. The smallest absolute Gasteiger partial charge is 0.280 e. The summed E-state index contributed by atoms with van der Waals surface area (Å²) in [5.74, 6) is -0.0675. The van der Waals surface area contributed by atoms with Gasteiger partial charge in [-0.25, -0.2) is 4.98 Å². The van der Waals surface area contributed by atoms with Gasteiger partial charge >= 0.3 is 0 Å². The van der Waals surface area contributed by atoms with Gasteiger partial charge in [-0.1, -0.05) is 0 Å². The van der Waals surface area contributed by atoms with Crippen LogP contribution in [-0.4, -0.2) is 61.3 Å². The van der Waals surface area contributed by atoms with E-state index in [4.69, 9.17) is 15.2 Å². The highest BCUT2D eigenvalue weighted by atomic mass is 16.6. The maximum absolute atomic E-state index is 11.8. The Labute approximate surface area is 124 Å². The first-order chi connectivity index (χ1) is 10.4. The summed E-state index contributed by atoms with van der Waals surface area (Å²) in [6.07, 6.45) is -2.92. The van der Waals surface area contributed by atoms with E-state index in [0.717, 1.165) is 0 Å². The summed E-state index contributed by atoms with van der Waals surface area (Å²) < 4.78 is 12.3. The molecule has 4 unspecified atom stereocenters. The Morgan fingerprint density at radius 2 is 2.32 bits per heavy atom. The molecule has 0 aliphatic carbocycles. The van der Waals surface area contributed by atoms with Crippen LogP contribution < -0.4 is 11.3 Å². The Bertz CT molecular complexity index is 741. The third-order valence-corrected chi connectivity index (χ3v) is 3.72. The largest absolute Gasteiger partial charge is 0.391 e. The number of anilines is 1. The van der Waals surface area contributed by atoms with Crippen molar-refractivity contribution in [1.82, 2.24) is 19.5 Å². The van der Waals surface area contributed by atoms with Crippen LogP contribution in [0.3, 0.4) is 0 Å². The van der Waals surface area contributed by atoms with Gasteiger partial charge < -0.3 is 25.4 Å². The van der Waals surface area contributed by atoms with Crippen molar-refractivity contribution in [3.05, 3.63) is 16.7 Å². The standard InChI is InChI=1S/C12H17N5O5/c1-4(18)7-8(21-2)6(19)11(22-7)17-3-14-5-9(17)15-12(13)16-10(5)20/h3-4,6-8,11,18-19H,1-2H3,(H3,13,15,16,20)/t4-,6?,7?,8?,11?/m1/s1. The summed E-state index contributed by atoms with van der Waals surface area (Å²) in [6, 6.07) is 0. The molecule has 3 rings (SSSR count). The van der Waals surface area contributed by atoms with Gasteiger partial charge in [0.15, 0.2) is 17.4 Å². The Hall–Kier alpha value is -2.01. The minimum Gasteiger partial charge on any atom is -0.391 e. The van der Waals surface area contributed by atoms with Crippen LogP contribution in [0.4, 0.5) is 5.95 Å². The lowest BCUT2D eigenvalue weighted by molar-refractivity contribution is -0.0824. The molecule has 2 aromatic rings. The van der Waals surface area contributed by atoms with Crippen molar-refractivity contribution < 1.29 is 19.7 Å². The summed E-state index contributed by atoms with van der Waals surface area (Å²) in [4.78, 5) is 22.1. The monoisotopic (exact) mass is 311 g/mol. The molecular formula is C12H17N5O5. The second kappa shape index (κ2) is 5.32. The fourth-order valence-corrected chi connectivity index (χ4v) is 2.70. The second-order valence-electron chi connectivity index (χ2n) is 5.20. The SMILES string of the molecule is COC1C(O)C(n2cnc3c(=O)[nH]c(N)nc32)OC1[C@@H](C)O. The van der Waals surface area contributed by atoms with Crippen molar-refractivity contribution in [2.24, 2.45) is 0 Å². The highest BCUT2D eigenvalue weighted by molar-refractivity contribution is 5.70. The summed E-state index contributed by atoms with van der Waals surface area (Å²) in [7, 11) is 1.42. The fourth-order valence-electron chi connectivity index (χ4n) is 2.70. The quantitative estimate of drug-likeness (QED) is 0.527. The Morgan fingerprint density at radius 3 is 2.91 bits per heavy atom. The zero-order valence-electron chi connectivity index (χ0n) is 12.0. The number of nitrogens with one attached hydrogen (secondary N) is 1. The number of nitrogens with two attached hydrogens (primary N) is 1. The van der Waals surface area contributed by atoms with Crippen LogP contribution in [0, 0.1) is 0 Å². The number of fused-ring (bicyclic) bond motifs is 1. The predicted octanol–water partition coefficient (Wildman–Crippen LogP) is -1.64. The molecule has 22 heavy (non-hydrogen) atoms. The minimum absolute atomic E-state index is 0.0675. The average molecular weight is 311 g/mol. The van der Waals surface area contributed by atoms with E-state index >= 15 is 0 Å². The lowest BCUT2D eigenvalue weighted by Gasteiger charge is -2.20. The van der Waals surface area contributed by atoms with Crippen LogP contribution in [0.5, 0.6) is 0 Å². The molecule has 10 heteroatoms. The molecule has 0 bridgehead atoms. The number of methoxy groups -OCH3 is 1. The first kappa shape index (κ1) is 14.9. The first-order valence-electron chi connectivity index (χ1n) is 6.70. The number of aromatic nitrogens is 4. The molecule has 10 nitrogen and oxygen atoms in total. The van der Waals surface area contributed by atoms with Crippen molar-refractivity contribution >= 4 is 17.1 Å². The van der Waals surface area contributed by atoms with Crippen molar-refractivity contribution in [1.29, 1.82) is 0 Å². The Balaban J connectivity index is 2.06. The number of rotatable bonds is 3.